The Hall–Kier alpha value is -0.350. The number of sulfone groups is 1. The summed E-state index contributed by atoms with van der Waals surface area (Å²) in [4.78, 5) is 0. The maximum Gasteiger partial charge on any atom is 0.150 e. The van der Waals surface area contributed by atoms with Crippen LogP contribution in [-0.4, -0.2) is 30.6 Å². The summed E-state index contributed by atoms with van der Waals surface area (Å²) in [5.74, 6) is 0. The minimum atomic E-state index is -2.93. The first-order valence-electron chi connectivity index (χ1n) is 4.89. The third kappa shape index (κ3) is 2.82. The van der Waals surface area contributed by atoms with Gasteiger partial charge in [-0.25, -0.2) is 8.42 Å². The first-order valence-corrected chi connectivity index (χ1v) is 6.85. The van der Waals surface area contributed by atoms with Crippen molar-refractivity contribution < 1.29 is 13.5 Å². The number of hydrogen-bond acceptors (Lipinski definition) is 3. The quantitative estimate of drug-likeness (QED) is 0.726. The molecule has 0 bridgehead atoms. The van der Waals surface area contributed by atoms with Crippen LogP contribution >= 0.6 is 0 Å². The molecule has 0 amide bonds. The molecule has 1 fully saturated rings. The molecule has 0 heterocycles. The normalized spacial score (nSPS) is 34.0. The maximum absolute atomic E-state index is 11.3. The van der Waals surface area contributed by atoms with E-state index in [2.05, 4.69) is 6.58 Å². The molecule has 1 aliphatic rings. The standard InChI is InChI=1S/C10H18O3S/c1-3-6-10(11)7-4-9(5-8-10)14(2,12)13/h3,9,11H,1,4-8H2,2H3. The van der Waals surface area contributed by atoms with Crippen molar-refractivity contribution in [2.75, 3.05) is 6.26 Å². The molecule has 1 rings (SSSR count). The van der Waals surface area contributed by atoms with Gasteiger partial charge in [0, 0.05) is 6.26 Å². The van der Waals surface area contributed by atoms with Crippen molar-refractivity contribution in [1.29, 1.82) is 0 Å². The number of aliphatic hydroxyl groups is 1. The summed E-state index contributed by atoms with van der Waals surface area (Å²) in [6.45, 7) is 3.59. The van der Waals surface area contributed by atoms with Crippen LogP contribution in [-0.2, 0) is 9.84 Å². The molecule has 0 radical (unpaired) electrons. The van der Waals surface area contributed by atoms with Gasteiger partial charge in [0.2, 0.25) is 0 Å². The van der Waals surface area contributed by atoms with Gasteiger partial charge in [-0.1, -0.05) is 6.08 Å². The lowest BCUT2D eigenvalue weighted by molar-refractivity contribution is 0.00795. The van der Waals surface area contributed by atoms with Gasteiger partial charge in [-0.3, -0.25) is 0 Å². The molecule has 0 unspecified atom stereocenters. The SMILES string of the molecule is C=CCC1(O)CCC(S(C)(=O)=O)CC1. The largest absolute Gasteiger partial charge is 0.390 e. The summed E-state index contributed by atoms with van der Waals surface area (Å²) in [7, 11) is -2.93. The predicted molar refractivity (Wildman–Crippen MR) is 56.9 cm³/mol. The Morgan fingerprint density at radius 3 is 2.36 bits per heavy atom. The van der Waals surface area contributed by atoms with E-state index in [1.807, 2.05) is 0 Å². The van der Waals surface area contributed by atoms with E-state index in [1.165, 1.54) is 6.26 Å². The molecule has 82 valence electrons. The van der Waals surface area contributed by atoms with Crippen LogP contribution in [0.5, 0.6) is 0 Å². The summed E-state index contributed by atoms with van der Waals surface area (Å²) in [6, 6.07) is 0. The van der Waals surface area contributed by atoms with E-state index in [1.54, 1.807) is 6.08 Å². The molecule has 1 aliphatic carbocycles. The van der Waals surface area contributed by atoms with Gasteiger partial charge >= 0.3 is 0 Å². The van der Waals surface area contributed by atoms with Crippen molar-refractivity contribution >= 4 is 9.84 Å². The smallest absolute Gasteiger partial charge is 0.150 e. The van der Waals surface area contributed by atoms with Gasteiger partial charge in [-0.05, 0) is 32.1 Å². The van der Waals surface area contributed by atoms with Crippen LogP contribution in [0.3, 0.4) is 0 Å². The highest BCUT2D eigenvalue weighted by Crippen LogP contribution is 2.33. The van der Waals surface area contributed by atoms with Gasteiger partial charge in [0.25, 0.3) is 0 Å². The molecule has 14 heavy (non-hydrogen) atoms. The highest BCUT2D eigenvalue weighted by Gasteiger charge is 2.35. The van der Waals surface area contributed by atoms with E-state index >= 15 is 0 Å². The molecule has 0 saturated heterocycles. The van der Waals surface area contributed by atoms with E-state index < -0.39 is 15.4 Å². The lowest BCUT2D eigenvalue weighted by Gasteiger charge is -2.34. The lowest BCUT2D eigenvalue weighted by atomic mass is 9.82. The van der Waals surface area contributed by atoms with Crippen molar-refractivity contribution in [3.8, 4) is 0 Å². The van der Waals surface area contributed by atoms with E-state index in [0.717, 1.165) is 0 Å². The van der Waals surface area contributed by atoms with Gasteiger partial charge in [-0.2, -0.15) is 0 Å². The van der Waals surface area contributed by atoms with Gasteiger partial charge in [0.1, 0.15) is 9.84 Å². The van der Waals surface area contributed by atoms with E-state index in [0.29, 0.717) is 32.1 Å². The van der Waals surface area contributed by atoms with E-state index in [-0.39, 0.29) is 5.25 Å². The second-order valence-electron chi connectivity index (χ2n) is 4.25. The van der Waals surface area contributed by atoms with Crippen molar-refractivity contribution in [1.82, 2.24) is 0 Å². The number of rotatable bonds is 3. The molecular formula is C10H18O3S. The Bertz CT molecular complexity index is 297. The Morgan fingerprint density at radius 2 is 2.00 bits per heavy atom. The Balaban J connectivity index is 2.58. The molecule has 0 atom stereocenters. The van der Waals surface area contributed by atoms with Gasteiger partial charge < -0.3 is 5.11 Å². The fourth-order valence-electron chi connectivity index (χ4n) is 2.03. The van der Waals surface area contributed by atoms with Crippen molar-refractivity contribution in [2.24, 2.45) is 0 Å². The number of hydrogen-bond donors (Lipinski definition) is 1. The summed E-state index contributed by atoms with van der Waals surface area (Å²) in [5, 5.41) is 9.73. The van der Waals surface area contributed by atoms with Crippen LogP contribution < -0.4 is 0 Å². The van der Waals surface area contributed by atoms with Crippen LogP contribution in [0.1, 0.15) is 32.1 Å². The highest BCUT2D eigenvalue weighted by molar-refractivity contribution is 7.91. The summed E-state index contributed by atoms with van der Waals surface area (Å²) >= 11 is 0. The average molecular weight is 218 g/mol. The molecule has 1 N–H and O–H groups in total. The summed E-state index contributed by atoms with van der Waals surface area (Å²) in [5.41, 5.74) is -0.705. The predicted octanol–water partition coefficient (Wildman–Crippen LogP) is 1.28. The lowest BCUT2D eigenvalue weighted by Crippen LogP contribution is -2.37. The van der Waals surface area contributed by atoms with Crippen molar-refractivity contribution in [3.63, 3.8) is 0 Å². The van der Waals surface area contributed by atoms with Crippen LogP contribution in [0.15, 0.2) is 12.7 Å². The minimum absolute atomic E-state index is 0.257. The third-order valence-electron chi connectivity index (χ3n) is 2.99. The third-order valence-corrected chi connectivity index (χ3v) is 4.68. The Kier molecular flexibility index (Phi) is 3.37. The van der Waals surface area contributed by atoms with Gasteiger partial charge in [0.05, 0.1) is 10.9 Å². The van der Waals surface area contributed by atoms with Crippen LogP contribution in [0.4, 0.5) is 0 Å². The van der Waals surface area contributed by atoms with Crippen molar-refractivity contribution in [3.05, 3.63) is 12.7 Å². The minimum Gasteiger partial charge on any atom is -0.390 e. The fourth-order valence-corrected chi connectivity index (χ4v) is 3.12. The molecular weight excluding hydrogens is 200 g/mol. The second-order valence-corrected chi connectivity index (χ2v) is 6.57. The monoisotopic (exact) mass is 218 g/mol. The van der Waals surface area contributed by atoms with Gasteiger partial charge in [-0.15, -0.1) is 6.58 Å². The fraction of sp³-hybridized carbons (Fsp3) is 0.800. The molecule has 0 spiro atoms. The first kappa shape index (κ1) is 11.7. The first-order chi connectivity index (χ1) is 6.37. The second kappa shape index (κ2) is 4.03. The highest BCUT2D eigenvalue weighted by atomic mass is 32.2. The Labute approximate surface area is 85.7 Å². The molecule has 0 aliphatic heterocycles. The zero-order valence-corrected chi connectivity index (χ0v) is 9.39. The maximum atomic E-state index is 11.3. The van der Waals surface area contributed by atoms with Crippen LogP contribution in [0.2, 0.25) is 0 Å². The topological polar surface area (TPSA) is 54.4 Å². The molecule has 4 heteroatoms. The molecule has 0 aromatic rings. The van der Waals surface area contributed by atoms with Gasteiger partial charge in [0.15, 0.2) is 0 Å². The molecule has 3 nitrogen and oxygen atoms in total. The molecule has 0 aromatic carbocycles. The van der Waals surface area contributed by atoms with E-state index in [4.69, 9.17) is 0 Å². The van der Waals surface area contributed by atoms with Crippen molar-refractivity contribution in [2.45, 2.75) is 43.0 Å². The molecule has 0 aromatic heterocycles. The Morgan fingerprint density at radius 1 is 1.50 bits per heavy atom. The molecule has 1 saturated carbocycles. The van der Waals surface area contributed by atoms with Crippen LogP contribution in [0, 0.1) is 0 Å². The summed E-state index contributed by atoms with van der Waals surface area (Å²) < 4.78 is 22.5. The van der Waals surface area contributed by atoms with E-state index in [9.17, 15) is 13.5 Å². The zero-order chi connectivity index (χ0) is 10.8. The summed E-state index contributed by atoms with van der Waals surface area (Å²) in [6.07, 6.45) is 5.81. The zero-order valence-electron chi connectivity index (χ0n) is 8.57. The average Bonchev–Trinajstić information content (AvgIpc) is 2.03. The van der Waals surface area contributed by atoms with Crippen LogP contribution in [0.25, 0.3) is 0 Å².